The second-order valence-corrected chi connectivity index (χ2v) is 10.7. The smallest absolute Gasteiger partial charge is 0.337 e. The van der Waals surface area contributed by atoms with E-state index in [1.807, 2.05) is 67.6 Å². The molecule has 8 nitrogen and oxygen atoms in total. The van der Waals surface area contributed by atoms with Gasteiger partial charge in [0.25, 0.3) is 5.91 Å². The van der Waals surface area contributed by atoms with Gasteiger partial charge in [0.1, 0.15) is 17.2 Å². The number of carboxylic acids is 1. The Kier molecular flexibility index (Phi) is 9.36. The molecule has 2 amide bonds. The van der Waals surface area contributed by atoms with E-state index in [-0.39, 0.29) is 41.6 Å². The molecule has 1 fully saturated rings. The molecular formula is C35H34N2O6. The molecule has 0 saturated heterocycles. The summed E-state index contributed by atoms with van der Waals surface area (Å²) in [4.78, 5) is 36.3. The fourth-order valence-electron chi connectivity index (χ4n) is 5.15. The van der Waals surface area contributed by atoms with Crippen LogP contribution in [0.1, 0.15) is 57.5 Å². The fourth-order valence-corrected chi connectivity index (χ4v) is 5.15. The highest BCUT2D eigenvalue weighted by molar-refractivity contribution is 6.01. The van der Waals surface area contributed by atoms with Crippen LogP contribution in [-0.4, -0.2) is 35.0 Å². The number of carboxylic acid groups (broad SMARTS) is 1. The number of aryl methyl sites for hydroxylation is 1. The average molecular weight is 579 g/mol. The number of para-hydroxylation sites is 1. The molecule has 0 aliphatic heterocycles. The van der Waals surface area contributed by atoms with Gasteiger partial charge in [-0.1, -0.05) is 42.5 Å². The topological polar surface area (TPSA) is 114 Å². The second-order valence-electron chi connectivity index (χ2n) is 10.7. The summed E-state index contributed by atoms with van der Waals surface area (Å²) in [6, 6.07) is 28.7. The highest BCUT2D eigenvalue weighted by Crippen LogP contribution is 2.31. The molecular weight excluding hydrogens is 544 g/mol. The number of carbonyl (C=O) groups is 3. The molecule has 5 rings (SSSR count). The lowest BCUT2D eigenvalue weighted by atomic mass is 9.92. The van der Waals surface area contributed by atoms with E-state index < -0.39 is 5.97 Å². The first-order valence-electron chi connectivity index (χ1n) is 14.4. The van der Waals surface area contributed by atoms with Crippen LogP contribution in [0.2, 0.25) is 0 Å². The molecule has 0 bridgehead atoms. The zero-order valence-electron chi connectivity index (χ0n) is 23.9. The van der Waals surface area contributed by atoms with Gasteiger partial charge in [-0.15, -0.1) is 0 Å². The lowest BCUT2D eigenvalue weighted by molar-refractivity contribution is -0.115. The van der Waals surface area contributed by atoms with E-state index in [4.69, 9.17) is 9.47 Å². The van der Waals surface area contributed by atoms with Gasteiger partial charge in [-0.25, -0.2) is 4.79 Å². The van der Waals surface area contributed by atoms with Gasteiger partial charge in [0, 0.05) is 11.6 Å². The maximum atomic E-state index is 12.5. The SMILES string of the molecule is Cc1cc(OC2CCC(NC(=O)c3ccccc3)CC2)ccc1Oc1ccc(CC(=O)Nc2ccccc2C(=O)O)cc1. The van der Waals surface area contributed by atoms with Crippen LogP contribution in [0, 0.1) is 6.92 Å². The van der Waals surface area contributed by atoms with Crippen LogP contribution < -0.4 is 20.1 Å². The lowest BCUT2D eigenvalue weighted by Gasteiger charge is -2.29. The van der Waals surface area contributed by atoms with Gasteiger partial charge in [-0.2, -0.15) is 0 Å². The number of benzene rings is 4. The first kappa shape index (κ1) is 29.4. The zero-order chi connectivity index (χ0) is 30.2. The Bertz CT molecular complexity index is 1580. The van der Waals surface area contributed by atoms with Crippen LogP contribution in [-0.2, 0) is 11.2 Å². The molecule has 220 valence electrons. The Morgan fingerprint density at radius 1 is 0.814 bits per heavy atom. The second kappa shape index (κ2) is 13.7. The third-order valence-corrected chi connectivity index (χ3v) is 7.44. The number of aromatic carboxylic acids is 1. The van der Waals surface area contributed by atoms with Crippen molar-refractivity contribution in [1.29, 1.82) is 0 Å². The van der Waals surface area contributed by atoms with Crippen molar-refractivity contribution in [3.63, 3.8) is 0 Å². The number of hydrogen-bond donors (Lipinski definition) is 3. The zero-order valence-corrected chi connectivity index (χ0v) is 23.9. The van der Waals surface area contributed by atoms with Gasteiger partial charge in [0.05, 0.1) is 23.8 Å². The molecule has 1 aliphatic rings. The predicted molar refractivity (Wildman–Crippen MR) is 164 cm³/mol. The van der Waals surface area contributed by atoms with E-state index in [1.54, 1.807) is 30.3 Å². The minimum Gasteiger partial charge on any atom is -0.490 e. The largest absolute Gasteiger partial charge is 0.490 e. The van der Waals surface area contributed by atoms with Crippen LogP contribution in [0.4, 0.5) is 5.69 Å². The van der Waals surface area contributed by atoms with E-state index in [2.05, 4.69) is 10.6 Å². The summed E-state index contributed by atoms with van der Waals surface area (Å²) in [5.74, 6) is 0.687. The standard InChI is InChI=1S/C35H34N2O6/c1-23-21-29(42-27-17-13-26(14-18-27)36-34(39)25-7-3-2-4-8-25)19-20-32(23)43-28-15-11-24(12-16-28)22-33(38)37-31-10-6-5-9-30(31)35(40)41/h2-12,15-16,19-21,26-27H,13-14,17-18,22H2,1H3,(H,36,39)(H,37,38)(H,40,41). The Balaban J connectivity index is 1.09. The van der Waals surface area contributed by atoms with Crippen molar-refractivity contribution in [3.8, 4) is 17.2 Å². The van der Waals surface area contributed by atoms with Crippen molar-refractivity contribution >= 4 is 23.5 Å². The molecule has 0 aromatic heterocycles. The lowest BCUT2D eigenvalue weighted by Crippen LogP contribution is -2.39. The van der Waals surface area contributed by atoms with Crippen LogP contribution in [0.25, 0.3) is 0 Å². The summed E-state index contributed by atoms with van der Waals surface area (Å²) in [5.41, 5.74) is 2.69. The van der Waals surface area contributed by atoms with Crippen LogP contribution in [0.15, 0.2) is 97.1 Å². The highest BCUT2D eigenvalue weighted by atomic mass is 16.5. The molecule has 8 heteroatoms. The summed E-state index contributed by atoms with van der Waals surface area (Å²) in [6.45, 7) is 1.96. The molecule has 1 saturated carbocycles. The number of nitrogens with one attached hydrogen (secondary N) is 2. The number of amides is 2. The van der Waals surface area contributed by atoms with Gasteiger partial charge in [0.15, 0.2) is 0 Å². The number of ether oxygens (including phenoxy) is 2. The molecule has 0 atom stereocenters. The summed E-state index contributed by atoms with van der Waals surface area (Å²) in [5, 5.41) is 15.1. The summed E-state index contributed by atoms with van der Waals surface area (Å²) >= 11 is 0. The van der Waals surface area contributed by atoms with E-state index in [9.17, 15) is 19.5 Å². The van der Waals surface area contributed by atoms with E-state index in [0.717, 1.165) is 42.6 Å². The van der Waals surface area contributed by atoms with Gasteiger partial charge in [-0.3, -0.25) is 9.59 Å². The van der Waals surface area contributed by atoms with Gasteiger partial charge in [-0.05, 0) is 98.3 Å². The minimum absolute atomic E-state index is 0.0320. The van der Waals surface area contributed by atoms with Crippen molar-refractivity contribution in [2.24, 2.45) is 0 Å². The Morgan fingerprint density at radius 3 is 2.19 bits per heavy atom. The van der Waals surface area contributed by atoms with Crippen LogP contribution >= 0.6 is 0 Å². The molecule has 1 aliphatic carbocycles. The molecule has 3 N–H and O–H groups in total. The van der Waals surface area contributed by atoms with E-state index >= 15 is 0 Å². The van der Waals surface area contributed by atoms with Crippen molar-refractivity contribution in [2.45, 2.75) is 51.2 Å². The Labute approximate surface area is 250 Å². The normalized spacial score (nSPS) is 16.1. The van der Waals surface area contributed by atoms with Crippen molar-refractivity contribution < 1.29 is 29.0 Å². The summed E-state index contributed by atoms with van der Waals surface area (Å²) < 4.78 is 12.3. The molecule has 0 radical (unpaired) electrons. The van der Waals surface area contributed by atoms with Gasteiger partial charge >= 0.3 is 5.97 Å². The predicted octanol–water partition coefficient (Wildman–Crippen LogP) is 6.79. The quantitative estimate of drug-likeness (QED) is 0.191. The molecule has 0 spiro atoms. The monoisotopic (exact) mass is 578 g/mol. The van der Waals surface area contributed by atoms with E-state index in [1.165, 1.54) is 6.07 Å². The summed E-state index contributed by atoms with van der Waals surface area (Å²) in [7, 11) is 0. The fraction of sp³-hybridized carbons (Fsp3) is 0.229. The first-order chi connectivity index (χ1) is 20.8. The van der Waals surface area contributed by atoms with Crippen molar-refractivity contribution in [1.82, 2.24) is 5.32 Å². The number of carbonyl (C=O) groups excluding carboxylic acids is 2. The highest BCUT2D eigenvalue weighted by Gasteiger charge is 2.24. The minimum atomic E-state index is -1.10. The first-order valence-corrected chi connectivity index (χ1v) is 14.4. The molecule has 0 heterocycles. The van der Waals surface area contributed by atoms with Gasteiger partial charge < -0.3 is 25.2 Å². The third-order valence-electron chi connectivity index (χ3n) is 7.44. The molecule has 43 heavy (non-hydrogen) atoms. The average Bonchev–Trinajstić information content (AvgIpc) is 3.01. The third kappa shape index (κ3) is 8.01. The van der Waals surface area contributed by atoms with Crippen molar-refractivity contribution in [2.75, 3.05) is 5.32 Å². The number of anilines is 1. The Hall–Kier alpha value is -5.11. The van der Waals surface area contributed by atoms with Gasteiger partial charge in [0.2, 0.25) is 5.91 Å². The van der Waals surface area contributed by atoms with Crippen molar-refractivity contribution in [3.05, 3.63) is 119 Å². The summed E-state index contributed by atoms with van der Waals surface area (Å²) in [6.07, 6.45) is 3.67. The molecule has 0 unspecified atom stereocenters. The van der Waals surface area contributed by atoms with E-state index in [0.29, 0.717) is 17.1 Å². The van der Waals surface area contributed by atoms with Crippen LogP contribution in [0.3, 0.4) is 0 Å². The maximum Gasteiger partial charge on any atom is 0.337 e. The van der Waals surface area contributed by atoms with Crippen LogP contribution in [0.5, 0.6) is 17.2 Å². The molecule has 4 aromatic rings. The Morgan fingerprint density at radius 2 is 1.49 bits per heavy atom. The number of hydrogen-bond acceptors (Lipinski definition) is 5. The maximum absolute atomic E-state index is 12.5. The number of rotatable bonds is 10. The molecule has 4 aromatic carbocycles.